The largest absolute Gasteiger partial charge is 0.328 e. The van der Waals surface area contributed by atoms with E-state index >= 15 is 0 Å². The monoisotopic (exact) mass is 319 g/mol. The Morgan fingerprint density at radius 3 is 2.81 bits per heavy atom. The number of fused-ring (bicyclic) bond motifs is 1. The molecule has 3 rings (SSSR count). The van der Waals surface area contributed by atoms with Crippen LogP contribution in [0.25, 0.3) is 11.0 Å². The fraction of sp³-hybridized carbons (Fsp3) is 0.250. The third kappa shape index (κ3) is 3.20. The van der Waals surface area contributed by atoms with Gasteiger partial charge in [-0.2, -0.15) is 0 Å². The normalized spacial score (nSPS) is 11.1. The quantitative estimate of drug-likeness (QED) is 0.662. The maximum absolute atomic E-state index is 6.12. The Morgan fingerprint density at radius 2 is 2.05 bits per heavy atom. The molecule has 0 aliphatic rings. The minimum Gasteiger partial charge on any atom is -0.328 e. The number of halogens is 2. The molecule has 21 heavy (non-hydrogen) atoms. The molecular weight excluding hydrogens is 305 g/mol. The fourth-order valence-electron chi connectivity index (χ4n) is 2.46. The van der Waals surface area contributed by atoms with Crippen LogP contribution in [0.5, 0.6) is 0 Å². The van der Waals surface area contributed by atoms with Crippen LogP contribution in [0.1, 0.15) is 11.4 Å². The molecule has 1 aromatic carbocycles. The average Bonchev–Trinajstić information content (AvgIpc) is 2.83. The minimum absolute atomic E-state index is 0.559. The standard InChI is InChI=1S/C16H15Cl2N3/c17-7-5-16-20-14-4-3-13(18)10-15(14)21(16)9-6-12-2-1-8-19-11-12/h1-4,8,10-11H,5-7,9H2. The highest BCUT2D eigenvalue weighted by Gasteiger charge is 2.10. The van der Waals surface area contributed by atoms with E-state index in [4.69, 9.17) is 23.2 Å². The Kier molecular flexibility index (Phi) is 4.42. The summed E-state index contributed by atoms with van der Waals surface area (Å²) >= 11 is 12.0. The highest BCUT2D eigenvalue weighted by Crippen LogP contribution is 2.22. The van der Waals surface area contributed by atoms with Gasteiger partial charge in [-0.15, -0.1) is 11.6 Å². The Labute approximate surface area is 133 Å². The Hall–Kier alpha value is -1.58. The summed E-state index contributed by atoms with van der Waals surface area (Å²) in [4.78, 5) is 8.81. The van der Waals surface area contributed by atoms with Crippen molar-refractivity contribution in [3.05, 3.63) is 59.1 Å². The Balaban J connectivity index is 1.94. The third-order valence-electron chi connectivity index (χ3n) is 3.45. The molecule has 2 heterocycles. The first kappa shape index (κ1) is 14.4. The average molecular weight is 320 g/mol. The van der Waals surface area contributed by atoms with E-state index in [1.165, 1.54) is 5.56 Å². The second-order valence-corrected chi connectivity index (χ2v) is 5.68. The first-order valence-corrected chi connectivity index (χ1v) is 7.78. The molecule has 0 aliphatic carbocycles. The van der Waals surface area contributed by atoms with Gasteiger partial charge in [-0.25, -0.2) is 4.98 Å². The maximum atomic E-state index is 6.12. The van der Waals surface area contributed by atoms with Crippen LogP contribution in [0, 0.1) is 0 Å². The van der Waals surface area contributed by atoms with Crippen molar-refractivity contribution in [1.29, 1.82) is 0 Å². The van der Waals surface area contributed by atoms with Crippen molar-refractivity contribution < 1.29 is 0 Å². The van der Waals surface area contributed by atoms with Gasteiger partial charge in [0.1, 0.15) is 5.82 Å². The molecule has 0 unspecified atom stereocenters. The topological polar surface area (TPSA) is 30.7 Å². The van der Waals surface area contributed by atoms with Crippen LogP contribution >= 0.6 is 23.2 Å². The van der Waals surface area contributed by atoms with Crippen molar-refractivity contribution in [1.82, 2.24) is 14.5 Å². The van der Waals surface area contributed by atoms with E-state index in [0.717, 1.165) is 41.3 Å². The third-order valence-corrected chi connectivity index (χ3v) is 3.88. The second-order valence-electron chi connectivity index (χ2n) is 4.86. The molecule has 5 heteroatoms. The van der Waals surface area contributed by atoms with Crippen molar-refractivity contribution in [2.45, 2.75) is 19.4 Å². The summed E-state index contributed by atoms with van der Waals surface area (Å²) < 4.78 is 2.20. The number of hydrogen-bond donors (Lipinski definition) is 0. The van der Waals surface area contributed by atoms with Crippen LogP contribution in [-0.4, -0.2) is 20.4 Å². The van der Waals surface area contributed by atoms with E-state index in [1.54, 1.807) is 6.20 Å². The van der Waals surface area contributed by atoms with Crippen molar-refractivity contribution >= 4 is 34.2 Å². The van der Waals surface area contributed by atoms with Crippen LogP contribution in [-0.2, 0) is 19.4 Å². The number of imidazole rings is 1. The zero-order valence-corrected chi connectivity index (χ0v) is 13.0. The highest BCUT2D eigenvalue weighted by molar-refractivity contribution is 6.31. The van der Waals surface area contributed by atoms with Crippen molar-refractivity contribution in [3.8, 4) is 0 Å². The summed E-state index contributed by atoms with van der Waals surface area (Å²) in [6.45, 7) is 0.842. The summed E-state index contributed by atoms with van der Waals surface area (Å²) in [5, 5.41) is 0.724. The van der Waals surface area contributed by atoms with Gasteiger partial charge in [-0.1, -0.05) is 17.7 Å². The van der Waals surface area contributed by atoms with Crippen molar-refractivity contribution in [2.75, 3.05) is 5.88 Å². The van der Waals surface area contributed by atoms with Crippen molar-refractivity contribution in [3.63, 3.8) is 0 Å². The lowest BCUT2D eigenvalue weighted by Gasteiger charge is -2.08. The van der Waals surface area contributed by atoms with Gasteiger partial charge in [0.25, 0.3) is 0 Å². The maximum Gasteiger partial charge on any atom is 0.111 e. The number of pyridine rings is 1. The minimum atomic E-state index is 0.559. The molecular formula is C16H15Cl2N3. The molecule has 0 spiro atoms. The molecule has 0 aliphatic heterocycles. The second kappa shape index (κ2) is 6.46. The molecule has 0 saturated heterocycles. The number of hydrogen-bond acceptors (Lipinski definition) is 2. The lowest BCUT2D eigenvalue weighted by molar-refractivity contribution is 0.674. The highest BCUT2D eigenvalue weighted by atomic mass is 35.5. The van der Waals surface area contributed by atoms with Crippen molar-refractivity contribution in [2.24, 2.45) is 0 Å². The molecule has 2 aromatic heterocycles. The predicted octanol–water partition coefficient (Wildman–Crippen LogP) is 4.11. The zero-order valence-electron chi connectivity index (χ0n) is 11.5. The van der Waals surface area contributed by atoms with Crippen LogP contribution in [0.15, 0.2) is 42.7 Å². The number of aryl methyl sites for hydroxylation is 3. The smallest absolute Gasteiger partial charge is 0.111 e. The first-order chi connectivity index (χ1) is 10.3. The fourth-order valence-corrected chi connectivity index (χ4v) is 2.79. The van der Waals surface area contributed by atoms with Gasteiger partial charge < -0.3 is 4.57 Å². The van der Waals surface area contributed by atoms with E-state index in [1.807, 2.05) is 30.5 Å². The summed E-state index contributed by atoms with van der Waals surface area (Å²) in [5.41, 5.74) is 3.23. The molecule has 0 fully saturated rings. The predicted molar refractivity (Wildman–Crippen MR) is 87.1 cm³/mol. The summed E-state index contributed by atoms with van der Waals surface area (Å²) in [7, 11) is 0. The molecule has 0 saturated carbocycles. The molecule has 3 nitrogen and oxygen atoms in total. The van der Waals surface area contributed by atoms with E-state index in [2.05, 4.69) is 20.6 Å². The summed E-state index contributed by atoms with van der Waals surface area (Å²) in [6.07, 6.45) is 5.34. The number of benzene rings is 1. The first-order valence-electron chi connectivity index (χ1n) is 6.87. The van der Waals surface area contributed by atoms with Gasteiger partial charge in [0, 0.05) is 36.3 Å². The van der Waals surface area contributed by atoms with E-state index in [0.29, 0.717) is 5.88 Å². The number of nitrogens with zero attached hydrogens (tertiary/aromatic N) is 3. The number of alkyl halides is 1. The van der Waals surface area contributed by atoms with E-state index < -0.39 is 0 Å². The van der Waals surface area contributed by atoms with Gasteiger partial charge in [0.15, 0.2) is 0 Å². The number of rotatable bonds is 5. The number of aromatic nitrogens is 3. The molecule has 0 atom stereocenters. The molecule has 3 aromatic rings. The molecule has 0 bridgehead atoms. The van der Waals surface area contributed by atoms with Crippen LogP contribution in [0.3, 0.4) is 0 Å². The van der Waals surface area contributed by atoms with Gasteiger partial charge in [-0.05, 0) is 36.2 Å². The summed E-state index contributed by atoms with van der Waals surface area (Å²) in [5.74, 6) is 1.57. The van der Waals surface area contributed by atoms with E-state index in [9.17, 15) is 0 Å². The van der Waals surface area contributed by atoms with Gasteiger partial charge in [-0.3, -0.25) is 4.98 Å². The van der Waals surface area contributed by atoms with Gasteiger partial charge >= 0.3 is 0 Å². The molecule has 0 N–H and O–H groups in total. The lowest BCUT2D eigenvalue weighted by atomic mass is 10.2. The van der Waals surface area contributed by atoms with Gasteiger partial charge in [0.2, 0.25) is 0 Å². The van der Waals surface area contributed by atoms with Crippen LogP contribution in [0.2, 0.25) is 5.02 Å². The SMILES string of the molecule is ClCCc1nc2ccc(Cl)cc2n1CCc1cccnc1. The molecule has 0 radical (unpaired) electrons. The van der Waals surface area contributed by atoms with Gasteiger partial charge in [0.05, 0.1) is 11.0 Å². The summed E-state index contributed by atoms with van der Waals surface area (Å²) in [6, 6.07) is 9.83. The molecule has 108 valence electrons. The Bertz CT molecular complexity index is 738. The molecule has 0 amide bonds. The van der Waals surface area contributed by atoms with Crippen LogP contribution < -0.4 is 0 Å². The Morgan fingerprint density at radius 1 is 1.14 bits per heavy atom. The van der Waals surface area contributed by atoms with E-state index in [-0.39, 0.29) is 0 Å². The zero-order chi connectivity index (χ0) is 14.7. The lowest BCUT2D eigenvalue weighted by Crippen LogP contribution is -2.07. The van der Waals surface area contributed by atoms with Crippen LogP contribution in [0.4, 0.5) is 0 Å².